The topological polar surface area (TPSA) is 80.9 Å². The van der Waals surface area contributed by atoms with Crippen molar-refractivity contribution in [2.45, 2.75) is 12.5 Å². The van der Waals surface area contributed by atoms with Gasteiger partial charge in [-0.3, -0.25) is 10.1 Å². The van der Waals surface area contributed by atoms with E-state index in [4.69, 9.17) is 17.3 Å². The summed E-state index contributed by atoms with van der Waals surface area (Å²) in [6.07, 6.45) is 1.63. The number of carbonyl (C=O) groups is 1. The molecule has 1 amide bonds. The van der Waals surface area contributed by atoms with E-state index in [9.17, 15) is 4.79 Å². The number of amides is 1. The van der Waals surface area contributed by atoms with Gasteiger partial charge in [0.1, 0.15) is 5.15 Å². The maximum atomic E-state index is 11.8. The number of nitrogens with one attached hydrogen (secondary N) is 1. The summed E-state index contributed by atoms with van der Waals surface area (Å²) in [6.45, 7) is 0. The number of aromatic nitrogens is 2. The molecule has 0 aliphatic rings. The number of anilines is 1. The molecule has 0 fully saturated rings. The minimum absolute atomic E-state index is 0.153. The number of hydrogen-bond acceptors (Lipinski definition) is 4. The van der Waals surface area contributed by atoms with E-state index in [2.05, 4.69) is 15.3 Å². The Morgan fingerprint density at radius 1 is 1.32 bits per heavy atom. The summed E-state index contributed by atoms with van der Waals surface area (Å²) in [4.78, 5) is 19.6. The number of rotatable bonds is 4. The summed E-state index contributed by atoms with van der Waals surface area (Å²) >= 11 is 5.70. The highest BCUT2D eigenvalue weighted by atomic mass is 35.5. The third-order valence-corrected chi connectivity index (χ3v) is 2.72. The Morgan fingerprint density at radius 2 is 2.05 bits per heavy atom. The second-order valence-electron chi connectivity index (χ2n) is 3.97. The highest BCUT2D eigenvalue weighted by molar-refractivity contribution is 6.29. The molecule has 1 heterocycles. The Bertz CT molecular complexity index is 562. The molecule has 0 radical (unpaired) electrons. The zero-order valence-corrected chi connectivity index (χ0v) is 10.8. The first-order valence-corrected chi connectivity index (χ1v) is 6.12. The Labute approximate surface area is 115 Å². The van der Waals surface area contributed by atoms with Gasteiger partial charge in [0.25, 0.3) is 0 Å². The van der Waals surface area contributed by atoms with Crippen LogP contribution in [-0.4, -0.2) is 15.9 Å². The van der Waals surface area contributed by atoms with E-state index < -0.39 is 0 Å². The van der Waals surface area contributed by atoms with Crippen molar-refractivity contribution < 1.29 is 4.79 Å². The maximum Gasteiger partial charge on any atom is 0.230 e. The van der Waals surface area contributed by atoms with Gasteiger partial charge in [0.15, 0.2) is 0 Å². The van der Waals surface area contributed by atoms with E-state index in [0.29, 0.717) is 0 Å². The smallest absolute Gasteiger partial charge is 0.230 e. The van der Waals surface area contributed by atoms with Crippen LogP contribution < -0.4 is 11.1 Å². The van der Waals surface area contributed by atoms with Crippen molar-refractivity contribution in [2.24, 2.45) is 5.73 Å². The van der Waals surface area contributed by atoms with Crippen LogP contribution in [0.4, 0.5) is 5.95 Å². The molecule has 1 aromatic carbocycles. The predicted octanol–water partition coefficient (Wildman–Crippen LogP) is 2.16. The lowest BCUT2D eigenvalue weighted by molar-refractivity contribution is -0.116. The molecular formula is C13H13ClN4O. The highest BCUT2D eigenvalue weighted by Crippen LogP contribution is 2.14. The molecule has 1 atom stereocenters. The summed E-state index contributed by atoms with van der Waals surface area (Å²) in [6, 6.07) is 10.6. The van der Waals surface area contributed by atoms with Crippen LogP contribution in [0.1, 0.15) is 18.0 Å². The third-order valence-electron chi connectivity index (χ3n) is 2.51. The number of nitrogens with two attached hydrogens (primary N) is 1. The van der Waals surface area contributed by atoms with E-state index in [1.54, 1.807) is 0 Å². The monoisotopic (exact) mass is 276 g/mol. The van der Waals surface area contributed by atoms with Crippen LogP contribution in [0, 0.1) is 0 Å². The molecule has 2 rings (SSSR count). The van der Waals surface area contributed by atoms with Crippen LogP contribution in [0.5, 0.6) is 0 Å². The van der Waals surface area contributed by atoms with Gasteiger partial charge in [-0.05, 0) is 11.6 Å². The SMILES string of the molecule is NC(CC(=O)Nc1nccc(Cl)n1)c1ccccc1. The number of nitrogens with zero attached hydrogens (tertiary/aromatic N) is 2. The first kappa shape index (κ1) is 13.5. The molecule has 0 saturated carbocycles. The van der Waals surface area contributed by atoms with Gasteiger partial charge in [-0.15, -0.1) is 0 Å². The normalized spacial score (nSPS) is 11.9. The molecule has 1 unspecified atom stereocenters. The summed E-state index contributed by atoms with van der Waals surface area (Å²) in [5, 5.41) is 2.83. The molecule has 1 aromatic heterocycles. The van der Waals surface area contributed by atoms with Crippen molar-refractivity contribution in [1.29, 1.82) is 0 Å². The van der Waals surface area contributed by atoms with E-state index in [1.807, 2.05) is 30.3 Å². The van der Waals surface area contributed by atoms with Gasteiger partial charge in [-0.1, -0.05) is 41.9 Å². The largest absolute Gasteiger partial charge is 0.324 e. The van der Waals surface area contributed by atoms with Gasteiger partial charge in [-0.25, -0.2) is 9.97 Å². The highest BCUT2D eigenvalue weighted by Gasteiger charge is 2.12. The van der Waals surface area contributed by atoms with Crippen molar-refractivity contribution in [1.82, 2.24) is 9.97 Å². The summed E-state index contributed by atoms with van der Waals surface area (Å²) in [5.74, 6) is -0.0728. The van der Waals surface area contributed by atoms with Crippen LogP contribution >= 0.6 is 11.6 Å². The molecule has 0 bridgehead atoms. The lowest BCUT2D eigenvalue weighted by atomic mass is 10.0. The molecule has 3 N–H and O–H groups in total. The molecule has 98 valence electrons. The van der Waals surface area contributed by atoms with E-state index in [-0.39, 0.29) is 29.5 Å². The minimum Gasteiger partial charge on any atom is -0.324 e. The van der Waals surface area contributed by atoms with Crippen LogP contribution in [0.3, 0.4) is 0 Å². The minimum atomic E-state index is -0.361. The molecule has 6 heteroatoms. The first-order valence-electron chi connectivity index (χ1n) is 5.74. The summed E-state index contributed by atoms with van der Waals surface area (Å²) in [7, 11) is 0. The van der Waals surface area contributed by atoms with Gasteiger partial charge in [-0.2, -0.15) is 0 Å². The van der Waals surface area contributed by atoms with E-state index >= 15 is 0 Å². The zero-order valence-electron chi connectivity index (χ0n) is 10.1. The quantitative estimate of drug-likeness (QED) is 0.839. The number of halogens is 1. The maximum absolute atomic E-state index is 11.8. The standard InChI is InChI=1S/C13H13ClN4O/c14-11-6-7-16-13(17-11)18-12(19)8-10(15)9-4-2-1-3-5-9/h1-7,10H,8,15H2,(H,16,17,18,19). The Balaban J connectivity index is 1.95. The van der Waals surface area contributed by atoms with Crippen molar-refractivity contribution >= 4 is 23.5 Å². The number of carbonyl (C=O) groups excluding carboxylic acids is 1. The molecule has 19 heavy (non-hydrogen) atoms. The zero-order chi connectivity index (χ0) is 13.7. The van der Waals surface area contributed by atoms with Crippen molar-refractivity contribution in [3.63, 3.8) is 0 Å². The fourth-order valence-corrected chi connectivity index (χ4v) is 1.73. The Hall–Kier alpha value is -1.98. The van der Waals surface area contributed by atoms with E-state index in [0.717, 1.165) is 5.56 Å². The summed E-state index contributed by atoms with van der Waals surface area (Å²) < 4.78 is 0. The lowest BCUT2D eigenvalue weighted by Crippen LogP contribution is -2.21. The molecule has 0 saturated heterocycles. The molecule has 0 aliphatic heterocycles. The second-order valence-corrected chi connectivity index (χ2v) is 4.36. The third kappa shape index (κ3) is 4.01. The molecule has 0 spiro atoms. The first-order chi connectivity index (χ1) is 9.15. The summed E-state index contributed by atoms with van der Waals surface area (Å²) in [5.41, 5.74) is 6.86. The number of benzene rings is 1. The Morgan fingerprint density at radius 3 is 2.74 bits per heavy atom. The van der Waals surface area contributed by atoms with Crippen LogP contribution in [0.15, 0.2) is 42.6 Å². The van der Waals surface area contributed by atoms with E-state index in [1.165, 1.54) is 12.3 Å². The van der Waals surface area contributed by atoms with Crippen LogP contribution in [-0.2, 0) is 4.79 Å². The average molecular weight is 277 g/mol. The van der Waals surface area contributed by atoms with Crippen LogP contribution in [0.2, 0.25) is 5.15 Å². The second kappa shape index (κ2) is 6.26. The predicted molar refractivity (Wildman–Crippen MR) is 73.7 cm³/mol. The fourth-order valence-electron chi connectivity index (χ4n) is 1.59. The average Bonchev–Trinajstić information content (AvgIpc) is 2.39. The lowest BCUT2D eigenvalue weighted by Gasteiger charge is -2.11. The van der Waals surface area contributed by atoms with Gasteiger partial charge in [0.05, 0.1) is 0 Å². The van der Waals surface area contributed by atoms with Crippen LogP contribution in [0.25, 0.3) is 0 Å². The molecule has 5 nitrogen and oxygen atoms in total. The Kier molecular flexibility index (Phi) is 4.43. The van der Waals surface area contributed by atoms with Crippen molar-refractivity contribution in [3.05, 3.63) is 53.3 Å². The van der Waals surface area contributed by atoms with Gasteiger partial charge >= 0.3 is 0 Å². The fraction of sp³-hybridized carbons (Fsp3) is 0.154. The van der Waals surface area contributed by atoms with Gasteiger partial charge < -0.3 is 5.73 Å². The van der Waals surface area contributed by atoms with Gasteiger partial charge in [0.2, 0.25) is 11.9 Å². The molecule has 0 aliphatic carbocycles. The van der Waals surface area contributed by atoms with Gasteiger partial charge in [0, 0.05) is 18.7 Å². The van der Waals surface area contributed by atoms with Crippen molar-refractivity contribution in [2.75, 3.05) is 5.32 Å². The van der Waals surface area contributed by atoms with Crippen molar-refractivity contribution in [3.8, 4) is 0 Å². The number of hydrogen-bond donors (Lipinski definition) is 2. The molecule has 2 aromatic rings. The molecular weight excluding hydrogens is 264 g/mol.